The number of ether oxygens (including phenoxy) is 1. The zero-order valence-corrected chi connectivity index (χ0v) is 15.9. The fourth-order valence-electron chi connectivity index (χ4n) is 3.33. The van der Waals surface area contributed by atoms with E-state index in [1.807, 2.05) is 54.6 Å². The van der Waals surface area contributed by atoms with Gasteiger partial charge in [0.25, 0.3) is 5.91 Å². The SMILES string of the molecule is Cc1c(C(=O)N2CCO[C@H](C(=O)O)C2)nnn1-c1ccc(-c2ccccc2)cc1. The van der Waals surface area contributed by atoms with Gasteiger partial charge in [0.05, 0.1) is 24.5 Å². The molecule has 0 radical (unpaired) electrons. The first-order valence-electron chi connectivity index (χ1n) is 9.26. The lowest BCUT2D eigenvalue weighted by Gasteiger charge is -2.30. The van der Waals surface area contributed by atoms with E-state index in [-0.39, 0.29) is 24.8 Å². The molecule has 1 amide bonds. The second-order valence-electron chi connectivity index (χ2n) is 6.80. The Bertz CT molecular complexity index is 1030. The zero-order valence-electron chi connectivity index (χ0n) is 15.9. The standard InChI is InChI=1S/C21H20N4O4/c1-14-19(20(26)24-11-12-29-18(13-24)21(27)28)22-23-25(14)17-9-7-16(8-10-17)15-5-3-2-4-6-15/h2-10,18H,11-13H2,1H3,(H,27,28)/t18-/m0/s1. The molecule has 1 aliphatic rings. The topological polar surface area (TPSA) is 97.6 Å². The number of carbonyl (C=O) groups excluding carboxylic acids is 1. The number of nitrogens with zero attached hydrogens (tertiary/aromatic N) is 4. The van der Waals surface area contributed by atoms with Crippen molar-refractivity contribution in [2.45, 2.75) is 13.0 Å². The highest BCUT2D eigenvalue weighted by atomic mass is 16.5. The highest BCUT2D eigenvalue weighted by Gasteiger charge is 2.31. The molecule has 4 rings (SSSR count). The Hall–Kier alpha value is -3.52. The van der Waals surface area contributed by atoms with E-state index in [0.717, 1.165) is 16.8 Å². The van der Waals surface area contributed by atoms with Crippen molar-refractivity contribution in [3.8, 4) is 16.8 Å². The van der Waals surface area contributed by atoms with E-state index in [1.54, 1.807) is 11.6 Å². The number of carboxylic acids is 1. The Kier molecular flexibility index (Phi) is 5.09. The number of aliphatic carboxylic acids is 1. The quantitative estimate of drug-likeness (QED) is 0.731. The molecule has 0 unspecified atom stereocenters. The molecular weight excluding hydrogens is 372 g/mol. The zero-order chi connectivity index (χ0) is 20.4. The van der Waals surface area contributed by atoms with Gasteiger partial charge in [0.15, 0.2) is 11.8 Å². The predicted molar refractivity (Wildman–Crippen MR) is 105 cm³/mol. The Balaban J connectivity index is 1.55. The molecule has 148 valence electrons. The summed E-state index contributed by atoms with van der Waals surface area (Å²) in [7, 11) is 0. The molecule has 1 N–H and O–H groups in total. The third-order valence-electron chi connectivity index (χ3n) is 4.95. The summed E-state index contributed by atoms with van der Waals surface area (Å²) in [6.45, 7) is 2.26. The van der Waals surface area contributed by atoms with Crippen molar-refractivity contribution < 1.29 is 19.4 Å². The summed E-state index contributed by atoms with van der Waals surface area (Å²) in [5.41, 5.74) is 3.80. The maximum absolute atomic E-state index is 12.8. The molecule has 1 aromatic heterocycles. The van der Waals surface area contributed by atoms with Gasteiger partial charge in [-0.15, -0.1) is 5.10 Å². The summed E-state index contributed by atoms with van der Waals surface area (Å²) in [4.78, 5) is 25.4. The predicted octanol–water partition coefficient (Wildman–Crippen LogP) is 2.17. The number of carbonyl (C=O) groups is 2. The summed E-state index contributed by atoms with van der Waals surface area (Å²) in [5.74, 6) is -1.43. The Labute approximate surface area is 167 Å². The van der Waals surface area contributed by atoms with Crippen LogP contribution >= 0.6 is 0 Å². The molecule has 0 spiro atoms. The number of hydrogen-bond acceptors (Lipinski definition) is 5. The Morgan fingerprint density at radius 3 is 2.45 bits per heavy atom. The first kappa shape index (κ1) is 18.8. The maximum Gasteiger partial charge on any atom is 0.334 e. The molecule has 0 bridgehead atoms. The van der Waals surface area contributed by atoms with Crippen LogP contribution in [-0.2, 0) is 9.53 Å². The number of benzene rings is 2. The lowest BCUT2D eigenvalue weighted by atomic mass is 10.1. The molecule has 3 aromatic rings. The highest BCUT2D eigenvalue weighted by Crippen LogP contribution is 2.22. The summed E-state index contributed by atoms with van der Waals surface area (Å²) < 4.78 is 6.78. The number of rotatable bonds is 4. The van der Waals surface area contributed by atoms with Gasteiger partial charge in [-0.2, -0.15) is 0 Å². The molecule has 29 heavy (non-hydrogen) atoms. The molecule has 2 aromatic carbocycles. The summed E-state index contributed by atoms with van der Waals surface area (Å²) in [6.07, 6.45) is -1.02. The molecule has 1 fully saturated rings. The number of carboxylic acid groups (broad SMARTS) is 1. The molecule has 2 heterocycles. The van der Waals surface area contributed by atoms with Crippen molar-refractivity contribution in [1.82, 2.24) is 19.9 Å². The fourth-order valence-corrected chi connectivity index (χ4v) is 3.33. The third-order valence-corrected chi connectivity index (χ3v) is 4.95. The van der Waals surface area contributed by atoms with Crippen molar-refractivity contribution in [2.75, 3.05) is 19.7 Å². The highest BCUT2D eigenvalue weighted by molar-refractivity contribution is 5.93. The van der Waals surface area contributed by atoms with E-state index < -0.39 is 12.1 Å². The van der Waals surface area contributed by atoms with E-state index in [0.29, 0.717) is 12.2 Å². The minimum Gasteiger partial charge on any atom is -0.479 e. The van der Waals surface area contributed by atoms with Gasteiger partial charge in [0.1, 0.15) is 0 Å². The van der Waals surface area contributed by atoms with Crippen LogP contribution < -0.4 is 0 Å². The van der Waals surface area contributed by atoms with E-state index in [1.165, 1.54) is 4.90 Å². The smallest absolute Gasteiger partial charge is 0.334 e. The van der Waals surface area contributed by atoms with Crippen LogP contribution in [0.25, 0.3) is 16.8 Å². The van der Waals surface area contributed by atoms with E-state index >= 15 is 0 Å². The minimum atomic E-state index is -1.08. The largest absolute Gasteiger partial charge is 0.479 e. The first-order chi connectivity index (χ1) is 14.0. The lowest BCUT2D eigenvalue weighted by Crippen LogP contribution is -2.48. The average molecular weight is 392 g/mol. The summed E-state index contributed by atoms with van der Waals surface area (Å²) in [6, 6.07) is 17.9. The molecular formula is C21H20N4O4. The van der Waals surface area contributed by atoms with E-state index in [9.17, 15) is 9.59 Å². The van der Waals surface area contributed by atoms with Crippen molar-refractivity contribution in [1.29, 1.82) is 0 Å². The number of amides is 1. The molecule has 1 aliphatic heterocycles. The van der Waals surface area contributed by atoms with Crippen molar-refractivity contribution in [2.24, 2.45) is 0 Å². The van der Waals surface area contributed by atoms with Gasteiger partial charge in [-0.3, -0.25) is 4.79 Å². The van der Waals surface area contributed by atoms with Gasteiger partial charge < -0.3 is 14.7 Å². The monoisotopic (exact) mass is 392 g/mol. The average Bonchev–Trinajstić information content (AvgIpc) is 3.15. The van der Waals surface area contributed by atoms with Gasteiger partial charge in [-0.05, 0) is 30.2 Å². The van der Waals surface area contributed by atoms with Crippen molar-refractivity contribution in [3.05, 3.63) is 66.0 Å². The molecule has 0 aliphatic carbocycles. The number of aromatic nitrogens is 3. The van der Waals surface area contributed by atoms with Crippen LogP contribution in [-0.4, -0.2) is 62.7 Å². The second-order valence-corrected chi connectivity index (χ2v) is 6.80. The Morgan fingerprint density at radius 1 is 1.07 bits per heavy atom. The van der Waals surface area contributed by atoms with Crippen LogP contribution in [0.3, 0.4) is 0 Å². The molecule has 1 saturated heterocycles. The van der Waals surface area contributed by atoms with Crippen LogP contribution in [0, 0.1) is 6.92 Å². The first-order valence-corrected chi connectivity index (χ1v) is 9.26. The van der Waals surface area contributed by atoms with E-state index in [2.05, 4.69) is 10.3 Å². The molecule has 8 heteroatoms. The van der Waals surface area contributed by atoms with Gasteiger partial charge in [-0.25, -0.2) is 9.48 Å². The number of morpholine rings is 1. The van der Waals surface area contributed by atoms with Crippen molar-refractivity contribution >= 4 is 11.9 Å². The van der Waals surface area contributed by atoms with Crippen LogP contribution in [0.5, 0.6) is 0 Å². The van der Waals surface area contributed by atoms with Gasteiger partial charge in [0.2, 0.25) is 0 Å². The van der Waals surface area contributed by atoms with Gasteiger partial charge in [0, 0.05) is 6.54 Å². The van der Waals surface area contributed by atoms with Gasteiger partial charge in [-0.1, -0.05) is 47.7 Å². The third kappa shape index (κ3) is 3.74. The van der Waals surface area contributed by atoms with E-state index in [4.69, 9.17) is 9.84 Å². The fraction of sp³-hybridized carbons (Fsp3) is 0.238. The summed E-state index contributed by atoms with van der Waals surface area (Å²) in [5, 5.41) is 17.3. The van der Waals surface area contributed by atoms with Gasteiger partial charge >= 0.3 is 5.97 Å². The van der Waals surface area contributed by atoms with Crippen LogP contribution in [0.2, 0.25) is 0 Å². The second kappa shape index (κ2) is 7.84. The molecule has 0 saturated carbocycles. The number of hydrogen-bond donors (Lipinski definition) is 1. The van der Waals surface area contributed by atoms with Crippen molar-refractivity contribution in [3.63, 3.8) is 0 Å². The lowest BCUT2D eigenvalue weighted by molar-refractivity contribution is -0.154. The molecule has 1 atom stereocenters. The van der Waals surface area contributed by atoms with Crippen LogP contribution in [0.1, 0.15) is 16.2 Å². The minimum absolute atomic E-state index is 0.00770. The van der Waals surface area contributed by atoms with Crippen LogP contribution in [0.15, 0.2) is 54.6 Å². The van der Waals surface area contributed by atoms with Crippen LogP contribution in [0.4, 0.5) is 0 Å². The normalized spacial score (nSPS) is 16.6. The molecule has 8 nitrogen and oxygen atoms in total. The Morgan fingerprint density at radius 2 is 1.76 bits per heavy atom. The maximum atomic E-state index is 12.8. The summed E-state index contributed by atoms with van der Waals surface area (Å²) >= 11 is 0.